The molecule has 1 aromatic rings. The Morgan fingerprint density at radius 1 is 1.50 bits per heavy atom. The molecule has 1 aromatic heterocycles. The number of pyridine rings is 1. The van der Waals surface area contributed by atoms with E-state index in [1.54, 1.807) is 20.2 Å². The summed E-state index contributed by atoms with van der Waals surface area (Å²) in [6.07, 6.45) is 1.49. The molecule has 0 aliphatic heterocycles. The summed E-state index contributed by atoms with van der Waals surface area (Å²) in [4.78, 5) is 15.3. The van der Waals surface area contributed by atoms with Gasteiger partial charge in [-0.05, 0) is 6.07 Å². The minimum atomic E-state index is -0.182. The van der Waals surface area contributed by atoms with Gasteiger partial charge in [0.05, 0.1) is 12.7 Å². The predicted octanol–water partition coefficient (Wildman–Crippen LogP) is 0.491. The summed E-state index contributed by atoms with van der Waals surface area (Å²) in [6.45, 7) is 0. The van der Waals surface area contributed by atoms with Gasteiger partial charge in [0.2, 0.25) is 0 Å². The first kappa shape index (κ1) is 10.3. The van der Waals surface area contributed by atoms with Gasteiger partial charge in [0, 0.05) is 20.3 Å². The molecule has 0 atom stereocenters. The molecule has 14 heavy (non-hydrogen) atoms. The van der Waals surface area contributed by atoms with E-state index in [2.05, 4.69) is 15.6 Å². The number of rotatable bonds is 3. The number of nitrogens with zero attached hydrogens (tertiary/aromatic N) is 1. The van der Waals surface area contributed by atoms with Crippen LogP contribution >= 0.6 is 0 Å². The van der Waals surface area contributed by atoms with E-state index in [0.29, 0.717) is 17.1 Å². The maximum Gasteiger partial charge on any atom is 0.252 e. The Morgan fingerprint density at radius 2 is 2.21 bits per heavy atom. The highest BCUT2D eigenvalue weighted by Gasteiger charge is 2.08. The molecule has 0 saturated carbocycles. The fraction of sp³-hybridized carbons (Fsp3) is 0.333. The topological polar surface area (TPSA) is 63.2 Å². The van der Waals surface area contributed by atoms with Crippen molar-refractivity contribution in [1.82, 2.24) is 10.3 Å². The standard InChI is InChI=1S/C9H13N3O2/c1-10-8-7(14-3)4-6(5-12-8)9(13)11-2/h4-5H,1-3H3,(H,10,12)(H,11,13). The smallest absolute Gasteiger partial charge is 0.252 e. The van der Waals surface area contributed by atoms with E-state index in [-0.39, 0.29) is 5.91 Å². The number of amides is 1. The highest BCUT2D eigenvalue weighted by Crippen LogP contribution is 2.21. The largest absolute Gasteiger partial charge is 0.493 e. The fourth-order valence-electron chi connectivity index (χ4n) is 1.06. The number of nitrogens with one attached hydrogen (secondary N) is 2. The van der Waals surface area contributed by atoms with Crippen LogP contribution in [0.4, 0.5) is 5.82 Å². The lowest BCUT2D eigenvalue weighted by atomic mass is 10.2. The van der Waals surface area contributed by atoms with Crippen LogP contribution in [-0.2, 0) is 0 Å². The Kier molecular flexibility index (Phi) is 3.28. The number of hydrogen-bond donors (Lipinski definition) is 2. The first-order valence-electron chi connectivity index (χ1n) is 4.16. The van der Waals surface area contributed by atoms with Crippen LogP contribution in [0.3, 0.4) is 0 Å². The zero-order valence-electron chi connectivity index (χ0n) is 8.42. The number of carbonyl (C=O) groups is 1. The second-order valence-corrected chi connectivity index (χ2v) is 2.60. The number of carbonyl (C=O) groups excluding carboxylic acids is 1. The van der Waals surface area contributed by atoms with E-state index in [1.807, 2.05) is 0 Å². The summed E-state index contributed by atoms with van der Waals surface area (Å²) < 4.78 is 5.07. The van der Waals surface area contributed by atoms with Crippen molar-refractivity contribution in [2.45, 2.75) is 0 Å². The zero-order chi connectivity index (χ0) is 10.6. The van der Waals surface area contributed by atoms with Crippen molar-refractivity contribution in [1.29, 1.82) is 0 Å². The third kappa shape index (κ3) is 1.93. The molecule has 0 aromatic carbocycles. The van der Waals surface area contributed by atoms with Gasteiger partial charge in [-0.1, -0.05) is 0 Å². The van der Waals surface area contributed by atoms with E-state index < -0.39 is 0 Å². The van der Waals surface area contributed by atoms with Crippen molar-refractivity contribution in [3.63, 3.8) is 0 Å². The van der Waals surface area contributed by atoms with Crippen molar-refractivity contribution in [2.75, 3.05) is 26.5 Å². The van der Waals surface area contributed by atoms with Crippen LogP contribution in [0.1, 0.15) is 10.4 Å². The Morgan fingerprint density at radius 3 is 2.71 bits per heavy atom. The van der Waals surface area contributed by atoms with Gasteiger partial charge in [-0.25, -0.2) is 4.98 Å². The molecule has 1 rings (SSSR count). The molecular formula is C9H13N3O2. The average Bonchev–Trinajstić information content (AvgIpc) is 2.26. The van der Waals surface area contributed by atoms with Crippen LogP contribution in [-0.4, -0.2) is 32.1 Å². The first-order valence-corrected chi connectivity index (χ1v) is 4.16. The van der Waals surface area contributed by atoms with E-state index in [4.69, 9.17) is 4.74 Å². The Bertz CT molecular complexity index is 339. The molecule has 0 aliphatic carbocycles. The van der Waals surface area contributed by atoms with E-state index >= 15 is 0 Å². The van der Waals surface area contributed by atoms with Gasteiger partial charge in [0.1, 0.15) is 0 Å². The minimum Gasteiger partial charge on any atom is -0.493 e. The fourth-order valence-corrected chi connectivity index (χ4v) is 1.06. The van der Waals surface area contributed by atoms with Crippen LogP contribution in [0.15, 0.2) is 12.3 Å². The lowest BCUT2D eigenvalue weighted by Crippen LogP contribution is -2.18. The molecular weight excluding hydrogens is 182 g/mol. The summed E-state index contributed by atoms with van der Waals surface area (Å²) >= 11 is 0. The van der Waals surface area contributed by atoms with Crippen molar-refractivity contribution in [3.05, 3.63) is 17.8 Å². The summed E-state index contributed by atoms with van der Waals surface area (Å²) in [5, 5.41) is 5.38. The van der Waals surface area contributed by atoms with E-state index in [9.17, 15) is 4.79 Å². The lowest BCUT2D eigenvalue weighted by molar-refractivity contribution is 0.0962. The molecule has 76 valence electrons. The van der Waals surface area contributed by atoms with Crippen molar-refractivity contribution in [2.24, 2.45) is 0 Å². The summed E-state index contributed by atoms with van der Waals surface area (Å²) in [6, 6.07) is 1.64. The Labute approximate surface area is 82.5 Å². The highest BCUT2D eigenvalue weighted by atomic mass is 16.5. The maximum absolute atomic E-state index is 11.3. The van der Waals surface area contributed by atoms with Crippen LogP contribution in [0.25, 0.3) is 0 Å². The SMILES string of the molecule is CNC(=O)c1cnc(NC)c(OC)c1. The molecule has 1 heterocycles. The summed E-state index contributed by atoms with van der Waals surface area (Å²) in [5.41, 5.74) is 0.475. The molecule has 0 spiro atoms. The Balaban J connectivity index is 3.07. The third-order valence-electron chi connectivity index (χ3n) is 1.80. The summed E-state index contributed by atoms with van der Waals surface area (Å²) in [5.74, 6) is 0.979. The quantitative estimate of drug-likeness (QED) is 0.736. The molecule has 0 fully saturated rings. The monoisotopic (exact) mass is 195 g/mol. The molecule has 0 bridgehead atoms. The van der Waals surface area contributed by atoms with Crippen LogP contribution in [0, 0.1) is 0 Å². The summed E-state index contributed by atoms with van der Waals surface area (Å²) in [7, 11) is 4.84. The van der Waals surface area contributed by atoms with Gasteiger partial charge >= 0.3 is 0 Å². The van der Waals surface area contributed by atoms with Gasteiger partial charge in [-0.2, -0.15) is 0 Å². The Hall–Kier alpha value is -1.78. The molecule has 0 saturated heterocycles. The predicted molar refractivity (Wildman–Crippen MR) is 53.7 cm³/mol. The minimum absolute atomic E-state index is 0.182. The van der Waals surface area contributed by atoms with E-state index in [0.717, 1.165) is 0 Å². The number of ether oxygens (including phenoxy) is 1. The zero-order valence-corrected chi connectivity index (χ0v) is 8.42. The maximum atomic E-state index is 11.3. The number of methoxy groups -OCH3 is 1. The molecule has 1 amide bonds. The molecule has 0 unspecified atom stereocenters. The second-order valence-electron chi connectivity index (χ2n) is 2.60. The van der Waals surface area contributed by atoms with Gasteiger partial charge in [0.25, 0.3) is 5.91 Å². The number of aromatic nitrogens is 1. The molecule has 0 aliphatic rings. The second kappa shape index (κ2) is 4.45. The van der Waals surface area contributed by atoms with Crippen LogP contribution in [0.2, 0.25) is 0 Å². The van der Waals surface area contributed by atoms with Gasteiger partial charge in [-0.3, -0.25) is 4.79 Å². The van der Waals surface area contributed by atoms with Crippen molar-refractivity contribution < 1.29 is 9.53 Å². The average molecular weight is 195 g/mol. The third-order valence-corrected chi connectivity index (χ3v) is 1.80. The van der Waals surface area contributed by atoms with Crippen LogP contribution in [0.5, 0.6) is 5.75 Å². The van der Waals surface area contributed by atoms with Gasteiger partial charge < -0.3 is 15.4 Å². The van der Waals surface area contributed by atoms with Crippen molar-refractivity contribution in [3.8, 4) is 5.75 Å². The van der Waals surface area contributed by atoms with Gasteiger partial charge in [-0.15, -0.1) is 0 Å². The first-order chi connectivity index (χ1) is 6.72. The highest BCUT2D eigenvalue weighted by molar-refractivity contribution is 5.94. The molecule has 2 N–H and O–H groups in total. The van der Waals surface area contributed by atoms with E-state index in [1.165, 1.54) is 13.3 Å². The molecule has 5 heteroatoms. The molecule has 5 nitrogen and oxygen atoms in total. The lowest BCUT2D eigenvalue weighted by Gasteiger charge is -2.07. The van der Waals surface area contributed by atoms with Crippen molar-refractivity contribution >= 4 is 11.7 Å². The number of anilines is 1. The van der Waals surface area contributed by atoms with Gasteiger partial charge in [0.15, 0.2) is 11.6 Å². The molecule has 0 radical (unpaired) electrons. The number of hydrogen-bond acceptors (Lipinski definition) is 4. The van der Waals surface area contributed by atoms with Crippen LogP contribution < -0.4 is 15.4 Å². The normalized spacial score (nSPS) is 9.36.